The number of anilines is 2. The van der Waals surface area contributed by atoms with E-state index in [9.17, 15) is 9.59 Å². The molecule has 1 fully saturated rings. The number of nitrogens with one attached hydrogen (secondary N) is 2. The fourth-order valence-electron chi connectivity index (χ4n) is 4.16. The fraction of sp³-hybridized carbons (Fsp3) is 0.375. The largest absolute Gasteiger partial charge is 0.376 e. The molecule has 12 heteroatoms. The lowest BCUT2D eigenvalue weighted by molar-refractivity contribution is -0.119. The molecule has 1 unspecified atom stereocenters. The molecule has 1 aliphatic rings. The smallest absolute Gasteiger partial charge is 0.260 e. The minimum absolute atomic E-state index is 0.109. The molecule has 188 valence electrons. The van der Waals surface area contributed by atoms with E-state index in [-0.39, 0.29) is 24.5 Å². The van der Waals surface area contributed by atoms with E-state index in [0.29, 0.717) is 35.8 Å². The molecular formula is C24H28N8O3S. The Balaban J connectivity index is 1.30. The zero-order chi connectivity index (χ0) is 25.4. The number of aromatic nitrogens is 5. The van der Waals surface area contributed by atoms with E-state index in [1.54, 1.807) is 29.9 Å². The average molecular weight is 509 g/mol. The third-order valence-electron chi connectivity index (χ3n) is 6.25. The second-order valence-corrected chi connectivity index (χ2v) is 9.98. The van der Waals surface area contributed by atoms with Crippen LogP contribution in [0.5, 0.6) is 0 Å². The van der Waals surface area contributed by atoms with Gasteiger partial charge in [0.25, 0.3) is 5.91 Å². The van der Waals surface area contributed by atoms with Crippen LogP contribution in [0.3, 0.4) is 0 Å². The minimum atomic E-state index is -0.294. The molecule has 0 radical (unpaired) electrons. The second-order valence-electron chi connectivity index (χ2n) is 8.95. The lowest BCUT2D eigenvalue weighted by Gasteiger charge is -2.30. The molecular weight excluding hydrogens is 480 g/mol. The van der Waals surface area contributed by atoms with Gasteiger partial charge in [0.2, 0.25) is 5.91 Å². The normalized spacial score (nSPS) is 16.4. The molecule has 0 aromatic carbocycles. The predicted molar refractivity (Wildman–Crippen MR) is 137 cm³/mol. The Hall–Kier alpha value is -3.61. The lowest BCUT2D eigenvalue weighted by Crippen LogP contribution is -2.44. The molecule has 0 aliphatic carbocycles. The standard InChI is InChI=1S/C24H28N8O3S/c1-14-11-31(5-6-35-14)13-22(33)28-17-7-20(15(2)25-8-17)29-23(34)19-10-27-32-12-21(36-24(19)32)18-9-26-30(4)16(18)3/h7-10,12,14H,5-6,11,13H2,1-4H3,(H,28,33)(H,29,34). The first-order chi connectivity index (χ1) is 17.3. The number of rotatable bonds is 6. The Labute approximate surface area is 212 Å². The van der Waals surface area contributed by atoms with Crippen LogP contribution in [-0.2, 0) is 16.6 Å². The van der Waals surface area contributed by atoms with Crippen LogP contribution in [0.4, 0.5) is 11.4 Å². The zero-order valence-electron chi connectivity index (χ0n) is 20.6. The quantitative estimate of drug-likeness (QED) is 0.411. The number of aryl methyl sites for hydroxylation is 2. The Morgan fingerprint density at radius 1 is 1.19 bits per heavy atom. The molecule has 2 amide bonds. The van der Waals surface area contributed by atoms with Gasteiger partial charge in [-0.3, -0.25) is 24.2 Å². The summed E-state index contributed by atoms with van der Waals surface area (Å²) >= 11 is 1.48. The summed E-state index contributed by atoms with van der Waals surface area (Å²) in [4.78, 5) is 33.9. The third kappa shape index (κ3) is 4.87. The van der Waals surface area contributed by atoms with Crippen molar-refractivity contribution in [2.24, 2.45) is 7.05 Å². The second kappa shape index (κ2) is 9.80. The average Bonchev–Trinajstić information content (AvgIpc) is 3.50. The van der Waals surface area contributed by atoms with Crippen molar-refractivity contribution in [2.45, 2.75) is 26.9 Å². The Morgan fingerprint density at radius 3 is 2.78 bits per heavy atom. The van der Waals surface area contributed by atoms with Gasteiger partial charge in [-0.15, -0.1) is 11.3 Å². The van der Waals surface area contributed by atoms with E-state index in [1.165, 1.54) is 11.3 Å². The van der Waals surface area contributed by atoms with Crippen molar-refractivity contribution in [1.29, 1.82) is 0 Å². The Kier molecular flexibility index (Phi) is 6.56. The number of fused-ring (bicyclic) bond motifs is 1. The number of amides is 2. The summed E-state index contributed by atoms with van der Waals surface area (Å²) in [5, 5.41) is 14.5. The summed E-state index contributed by atoms with van der Waals surface area (Å²) in [6, 6.07) is 1.72. The number of hydrogen-bond acceptors (Lipinski definition) is 8. The van der Waals surface area contributed by atoms with Crippen LogP contribution in [0.15, 0.2) is 30.9 Å². The van der Waals surface area contributed by atoms with Crippen molar-refractivity contribution < 1.29 is 14.3 Å². The van der Waals surface area contributed by atoms with Crippen molar-refractivity contribution in [3.8, 4) is 10.4 Å². The van der Waals surface area contributed by atoms with Crippen molar-refractivity contribution in [1.82, 2.24) is 29.3 Å². The van der Waals surface area contributed by atoms with E-state index in [4.69, 9.17) is 4.74 Å². The van der Waals surface area contributed by atoms with E-state index < -0.39 is 0 Å². The Morgan fingerprint density at radius 2 is 2.03 bits per heavy atom. The van der Waals surface area contributed by atoms with Gasteiger partial charge in [-0.05, 0) is 26.8 Å². The van der Waals surface area contributed by atoms with Crippen LogP contribution in [0.2, 0.25) is 0 Å². The lowest BCUT2D eigenvalue weighted by atomic mass is 10.2. The molecule has 4 aromatic heterocycles. The molecule has 11 nitrogen and oxygen atoms in total. The van der Waals surface area contributed by atoms with Crippen molar-refractivity contribution >= 4 is 39.4 Å². The van der Waals surface area contributed by atoms with Crippen LogP contribution >= 0.6 is 11.3 Å². The van der Waals surface area contributed by atoms with Crippen LogP contribution < -0.4 is 10.6 Å². The minimum Gasteiger partial charge on any atom is -0.376 e. The summed E-state index contributed by atoms with van der Waals surface area (Å²) < 4.78 is 9.05. The SMILES string of the molecule is Cc1ncc(NC(=O)CN2CCOC(C)C2)cc1NC(=O)c1cnn2cc(-c3cnn(C)c3C)sc12. The highest BCUT2D eigenvalue weighted by molar-refractivity contribution is 7.21. The van der Waals surface area contributed by atoms with Gasteiger partial charge in [-0.2, -0.15) is 10.2 Å². The summed E-state index contributed by atoms with van der Waals surface area (Å²) in [5.41, 5.74) is 4.20. The number of thiazole rings is 1. The molecule has 5 heterocycles. The molecule has 0 bridgehead atoms. The van der Waals surface area contributed by atoms with Gasteiger partial charge < -0.3 is 15.4 Å². The summed E-state index contributed by atoms with van der Waals surface area (Å²) in [7, 11) is 1.90. The van der Waals surface area contributed by atoms with Gasteiger partial charge in [0.1, 0.15) is 4.83 Å². The Bertz CT molecular complexity index is 1440. The molecule has 36 heavy (non-hydrogen) atoms. The molecule has 1 atom stereocenters. The number of ether oxygens (including phenoxy) is 1. The van der Waals surface area contributed by atoms with E-state index >= 15 is 0 Å². The molecule has 2 N–H and O–H groups in total. The first kappa shape index (κ1) is 24.1. The molecule has 1 saturated heterocycles. The number of morpholine rings is 1. The first-order valence-electron chi connectivity index (χ1n) is 11.7. The zero-order valence-corrected chi connectivity index (χ0v) is 21.4. The number of pyridine rings is 1. The van der Waals surface area contributed by atoms with Crippen LogP contribution in [0, 0.1) is 13.8 Å². The molecule has 5 rings (SSSR count). The van der Waals surface area contributed by atoms with E-state index in [1.807, 2.05) is 38.0 Å². The number of carbonyl (C=O) groups excluding carboxylic acids is 2. The maximum Gasteiger partial charge on any atom is 0.260 e. The highest BCUT2D eigenvalue weighted by Gasteiger charge is 2.21. The van der Waals surface area contributed by atoms with Gasteiger partial charge in [0.05, 0.1) is 65.4 Å². The monoisotopic (exact) mass is 508 g/mol. The summed E-state index contributed by atoms with van der Waals surface area (Å²) in [5.74, 6) is -0.431. The van der Waals surface area contributed by atoms with Crippen molar-refractivity contribution in [3.63, 3.8) is 0 Å². The molecule has 0 spiro atoms. The highest BCUT2D eigenvalue weighted by atomic mass is 32.1. The molecule has 0 saturated carbocycles. The number of nitrogens with zero attached hydrogens (tertiary/aromatic N) is 6. The van der Waals surface area contributed by atoms with Gasteiger partial charge >= 0.3 is 0 Å². The maximum absolute atomic E-state index is 13.2. The highest BCUT2D eigenvalue weighted by Crippen LogP contribution is 2.32. The van der Waals surface area contributed by atoms with Crippen molar-refractivity contribution in [3.05, 3.63) is 47.8 Å². The number of carbonyl (C=O) groups is 2. The summed E-state index contributed by atoms with van der Waals surface area (Å²) in [6.45, 7) is 8.12. The van der Waals surface area contributed by atoms with Gasteiger partial charge in [-0.1, -0.05) is 0 Å². The summed E-state index contributed by atoms with van der Waals surface area (Å²) in [6.07, 6.45) is 6.97. The fourth-order valence-corrected chi connectivity index (χ4v) is 5.28. The topological polar surface area (TPSA) is 119 Å². The predicted octanol–water partition coefficient (Wildman–Crippen LogP) is 2.72. The molecule has 4 aromatic rings. The van der Waals surface area contributed by atoms with Crippen molar-refractivity contribution in [2.75, 3.05) is 36.9 Å². The van der Waals surface area contributed by atoms with Crippen LogP contribution in [-0.4, -0.2) is 73.4 Å². The van der Waals surface area contributed by atoms with Gasteiger partial charge in [-0.25, -0.2) is 4.52 Å². The maximum atomic E-state index is 13.2. The number of hydrogen-bond donors (Lipinski definition) is 2. The third-order valence-corrected chi connectivity index (χ3v) is 7.40. The molecule has 1 aliphatic heterocycles. The van der Waals surface area contributed by atoms with Gasteiger partial charge in [0.15, 0.2) is 0 Å². The van der Waals surface area contributed by atoms with E-state index in [2.05, 4.69) is 30.7 Å². The van der Waals surface area contributed by atoms with Gasteiger partial charge in [0, 0.05) is 37.6 Å². The van der Waals surface area contributed by atoms with Crippen LogP contribution in [0.25, 0.3) is 15.3 Å². The first-order valence-corrected chi connectivity index (χ1v) is 12.5. The van der Waals surface area contributed by atoms with E-state index in [0.717, 1.165) is 27.5 Å². The van der Waals surface area contributed by atoms with Crippen LogP contribution in [0.1, 0.15) is 28.7 Å².